The summed E-state index contributed by atoms with van der Waals surface area (Å²) >= 11 is 0. The van der Waals surface area contributed by atoms with Gasteiger partial charge in [0.25, 0.3) is 0 Å². The molecule has 0 amide bonds. The molecule has 1 aromatic carbocycles. The van der Waals surface area contributed by atoms with Crippen LogP contribution in [0.2, 0.25) is 0 Å². The van der Waals surface area contributed by atoms with E-state index < -0.39 is 0 Å². The van der Waals surface area contributed by atoms with Gasteiger partial charge in [0.1, 0.15) is 18.0 Å². The third-order valence-electron chi connectivity index (χ3n) is 4.98. The minimum absolute atomic E-state index is 0.166. The summed E-state index contributed by atoms with van der Waals surface area (Å²) in [7, 11) is 1.63. The maximum Gasteiger partial charge on any atom is 0.218 e. The number of benzene rings is 1. The number of aromatic nitrogens is 2. The molecule has 0 radical (unpaired) electrons. The van der Waals surface area contributed by atoms with Gasteiger partial charge in [-0.1, -0.05) is 12.1 Å². The Hall–Kier alpha value is -2.21. The number of halogens is 1. The molecule has 1 aliphatic heterocycles. The first-order chi connectivity index (χ1) is 12.2. The lowest BCUT2D eigenvalue weighted by Gasteiger charge is -2.30. The fraction of sp³-hybridized carbons (Fsp3) is 0.474. The van der Waals surface area contributed by atoms with E-state index in [1.165, 1.54) is 18.9 Å². The summed E-state index contributed by atoms with van der Waals surface area (Å²) in [4.78, 5) is 13.4. The van der Waals surface area contributed by atoms with Gasteiger partial charge in [-0.15, -0.1) is 0 Å². The van der Waals surface area contributed by atoms with Crippen LogP contribution in [-0.2, 0) is 6.54 Å². The third kappa shape index (κ3) is 3.74. The van der Waals surface area contributed by atoms with E-state index in [4.69, 9.17) is 4.74 Å². The second-order valence-corrected chi connectivity index (χ2v) is 6.86. The van der Waals surface area contributed by atoms with E-state index in [0.717, 1.165) is 37.4 Å². The van der Waals surface area contributed by atoms with Crippen LogP contribution in [-0.4, -0.2) is 47.2 Å². The predicted octanol–water partition coefficient (Wildman–Crippen LogP) is 2.87. The summed E-state index contributed by atoms with van der Waals surface area (Å²) in [5.41, 5.74) is 1.03. The average molecular weight is 342 g/mol. The summed E-state index contributed by atoms with van der Waals surface area (Å²) < 4.78 is 18.7. The Bertz CT molecular complexity index is 737. The standard InChI is InChI=1S/C19H23FN4O/c1-25-19-10-18(21-13-22-19)24(16-5-6-16)17-7-8-23(12-17)11-14-3-2-4-15(20)9-14/h2-4,9-10,13,16-17H,5-8,11-12H2,1H3. The predicted molar refractivity (Wildman–Crippen MR) is 94.2 cm³/mol. The molecule has 5 nitrogen and oxygen atoms in total. The van der Waals surface area contributed by atoms with Gasteiger partial charge < -0.3 is 9.64 Å². The van der Waals surface area contributed by atoms with Crippen LogP contribution in [0.15, 0.2) is 36.7 Å². The highest BCUT2D eigenvalue weighted by Gasteiger charge is 2.38. The van der Waals surface area contributed by atoms with Crippen LogP contribution in [0.25, 0.3) is 0 Å². The maximum atomic E-state index is 13.4. The molecule has 6 heteroatoms. The Morgan fingerprint density at radius 3 is 2.84 bits per heavy atom. The number of likely N-dealkylation sites (tertiary alicyclic amines) is 1. The molecule has 1 unspecified atom stereocenters. The quantitative estimate of drug-likeness (QED) is 0.807. The van der Waals surface area contributed by atoms with E-state index >= 15 is 0 Å². The Kier molecular flexibility index (Phi) is 4.53. The van der Waals surface area contributed by atoms with Gasteiger partial charge in [0, 0.05) is 37.8 Å². The van der Waals surface area contributed by atoms with Gasteiger partial charge in [-0.2, -0.15) is 0 Å². The summed E-state index contributed by atoms with van der Waals surface area (Å²) in [5, 5.41) is 0. The number of ether oxygens (including phenoxy) is 1. The highest BCUT2D eigenvalue weighted by molar-refractivity contribution is 5.45. The molecule has 1 aliphatic carbocycles. The van der Waals surface area contributed by atoms with Gasteiger partial charge in [-0.3, -0.25) is 4.90 Å². The molecule has 2 aromatic rings. The Balaban J connectivity index is 1.46. The monoisotopic (exact) mass is 342 g/mol. The maximum absolute atomic E-state index is 13.4. The van der Waals surface area contributed by atoms with Crippen LogP contribution in [0.3, 0.4) is 0 Å². The van der Waals surface area contributed by atoms with Crippen LogP contribution in [0.5, 0.6) is 5.88 Å². The molecule has 1 aromatic heterocycles. The van der Waals surface area contributed by atoms with E-state index in [1.54, 1.807) is 25.6 Å². The molecular weight excluding hydrogens is 319 g/mol. The van der Waals surface area contributed by atoms with Crippen LogP contribution >= 0.6 is 0 Å². The Labute approximate surface area is 147 Å². The molecule has 1 saturated carbocycles. The van der Waals surface area contributed by atoms with Gasteiger partial charge in [0.05, 0.1) is 7.11 Å². The SMILES string of the molecule is COc1cc(N(C2CC2)C2CCN(Cc3cccc(F)c3)C2)ncn1. The fourth-order valence-electron chi connectivity index (χ4n) is 3.68. The normalized spacial score (nSPS) is 20.6. The van der Waals surface area contributed by atoms with Crippen molar-refractivity contribution in [3.05, 3.63) is 48.0 Å². The minimum Gasteiger partial charge on any atom is -0.481 e. The molecule has 0 N–H and O–H groups in total. The second kappa shape index (κ2) is 6.96. The van der Waals surface area contributed by atoms with Crippen molar-refractivity contribution in [1.82, 2.24) is 14.9 Å². The van der Waals surface area contributed by atoms with Crippen molar-refractivity contribution in [2.75, 3.05) is 25.1 Å². The zero-order valence-electron chi connectivity index (χ0n) is 14.4. The van der Waals surface area contributed by atoms with E-state index in [9.17, 15) is 4.39 Å². The first kappa shape index (κ1) is 16.3. The van der Waals surface area contributed by atoms with Crippen molar-refractivity contribution in [1.29, 1.82) is 0 Å². The van der Waals surface area contributed by atoms with Crippen molar-refractivity contribution >= 4 is 5.82 Å². The van der Waals surface area contributed by atoms with Gasteiger partial charge in [-0.25, -0.2) is 14.4 Å². The Morgan fingerprint density at radius 1 is 1.20 bits per heavy atom. The number of hydrogen-bond acceptors (Lipinski definition) is 5. The van der Waals surface area contributed by atoms with E-state index in [0.29, 0.717) is 18.0 Å². The number of nitrogens with zero attached hydrogens (tertiary/aromatic N) is 4. The van der Waals surface area contributed by atoms with E-state index in [2.05, 4.69) is 19.8 Å². The number of hydrogen-bond donors (Lipinski definition) is 0. The first-order valence-electron chi connectivity index (χ1n) is 8.84. The zero-order chi connectivity index (χ0) is 17.2. The molecular formula is C19H23FN4O. The molecule has 2 aliphatic rings. The van der Waals surface area contributed by atoms with Crippen molar-refractivity contribution in [2.45, 2.75) is 37.9 Å². The Morgan fingerprint density at radius 2 is 2.08 bits per heavy atom. The highest BCUT2D eigenvalue weighted by atomic mass is 19.1. The minimum atomic E-state index is -0.166. The summed E-state index contributed by atoms with van der Waals surface area (Å²) in [5.74, 6) is 1.39. The van der Waals surface area contributed by atoms with Gasteiger partial charge in [-0.05, 0) is 37.0 Å². The van der Waals surface area contributed by atoms with Crippen molar-refractivity contribution in [3.8, 4) is 5.88 Å². The molecule has 0 bridgehead atoms. The van der Waals surface area contributed by atoms with Gasteiger partial charge in [0.2, 0.25) is 5.88 Å². The second-order valence-electron chi connectivity index (χ2n) is 6.86. The van der Waals surface area contributed by atoms with E-state index in [1.807, 2.05) is 12.1 Å². The molecule has 1 atom stereocenters. The van der Waals surface area contributed by atoms with Crippen LogP contribution in [0, 0.1) is 5.82 Å². The molecule has 0 spiro atoms. The van der Waals surface area contributed by atoms with E-state index in [-0.39, 0.29) is 5.82 Å². The third-order valence-corrected chi connectivity index (χ3v) is 4.98. The number of rotatable bonds is 6. The molecule has 2 fully saturated rings. The van der Waals surface area contributed by atoms with Crippen molar-refractivity contribution in [3.63, 3.8) is 0 Å². The fourth-order valence-corrected chi connectivity index (χ4v) is 3.68. The zero-order valence-corrected chi connectivity index (χ0v) is 14.4. The number of methoxy groups -OCH3 is 1. The average Bonchev–Trinajstić information content (AvgIpc) is 3.35. The van der Waals surface area contributed by atoms with Crippen molar-refractivity contribution < 1.29 is 9.13 Å². The summed E-state index contributed by atoms with van der Waals surface area (Å²) in [6.45, 7) is 2.78. The molecule has 1 saturated heterocycles. The summed E-state index contributed by atoms with van der Waals surface area (Å²) in [6.07, 6.45) is 5.10. The van der Waals surface area contributed by atoms with Crippen LogP contribution < -0.4 is 9.64 Å². The highest BCUT2D eigenvalue weighted by Crippen LogP contribution is 2.35. The van der Waals surface area contributed by atoms with Crippen LogP contribution in [0.4, 0.5) is 10.2 Å². The van der Waals surface area contributed by atoms with Gasteiger partial charge >= 0.3 is 0 Å². The molecule has 25 heavy (non-hydrogen) atoms. The van der Waals surface area contributed by atoms with Crippen molar-refractivity contribution in [2.24, 2.45) is 0 Å². The summed E-state index contributed by atoms with van der Waals surface area (Å²) in [6, 6.07) is 9.81. The lowest BCUT2D eigenvalue weighted by atomic mass is 10.2. The molecule has 132 valence electrons. The number of anilines is 1. The largest absolute Gasteiger partial charge is 0.481 e. The smallest absolute Gasteiger partial charge is 0.218 e. The lowest BCUT2D eigenvalue weighted by molar-refractivity contribution is 0.324. The molecule has 4 rings (SSSR count). The van der Waals surface area contributed by atoms with Crippen LogP contribution in [0.1, 0.15) is 24.8 Å². The topological polar surface area (TPSA) is 41.5 Å². The first-order valence-corrected chi connectivity index (χ1v) is 8.84. The van der Waals surface area contributed by atoms with Gasteiger partial charge in [0.15, 0.2) is 0 Å². The molecule has 2 heterocycles. The lowest BCUT2D eigenvalue weighted by Crippen LogP contribution is -2.39.